The second-order valence-electron chi connectivity index (χ2n) is 9.37. The summed E-state index contributed by atoms with van der Waals surface area (Å²) < 4.78 is 106. The van der Waals surface area contributed by atoms with Crippen molar-refractivity contribution < 1.29 is 34.8 Å². The summed E-state index contributed by atoms with van der Waals surface area (Å²) >= 11 is 0. The van der Waals surface area contributed by atoms with Crippen molar-refractivity contribution in [1.82, 2.24) is 9.21 Å². The van der Waals surface area contributed by atoms with E-state index in [0.717, 1.165) is 9.87 Å². The lowest BCUT2D eigenvalue weighted by molar-refractivity contribution is -0.143. The minimum Gasteiger partial charge on any atom is -0.296 e. The lowest BCUT2D eigenvalue weighted by Crippen LogP contribution is -2.48. The van der Waals surface area contributed by atoms with Gasteiger partial charge in [-0.2, -0.15) is 30.6 Å². The first kappa shape index (κ1) is 26.5. The standard InChI is InChI=1S/C23H26F6N2O2S/c1-21(2,3)17-6-4-16(5-7-17)15-30-8-10-31(11-9-30)34(32,33)20-13-18(22(24,25)26)12-19(14-20)23(27,28)29/h4-7,12-14H,8-11,15H2,1-3H3. The number of sulfonamides is 1. The molecule has 34 heavy (non-hydrogen) atoms. The summed E-state index contributed by atoms with van der Waals surface area (Å²) in [5.74, 6) is 0. The second-order valence-corrected chi connectivity index (χ2v) is 11.3. The lowest BCUT2D eigenvalue weighted by atomic mass is 9.87. The topological polar surface area (TPSA) is 40.6 Å². The first-order valence-corrected chi connectivity index (χ1v) is 12.0. The molecule has 3 rings (SSSR count). The fraction of sp³-hybridized carbons (Fsp3) is 0.478. The van der Waals surface area contributed by atoms with Crippen LogP contribution in [0.1, 0.15) is 43.0 Å². The monoisotopic (exact) mass is 508 g/mol. The third-order valence-electron chi connectivity index (χ3n) is 5.76. The third-order valence-corrected chi connectivity index (χ3v) is 7.63. The van der Waals surface area contributed by atoms with Gasteiger partial charge >= 0.3 is 12.4 Å². The van der Waals surface area contributed by atoms with Gasteiger partial charge in [0, 0.05) is 32.7 Å². The Balaban J connectivity index is 1.75. The number of benzene rings is 2. The van der Waals surface area contributed by atoms with E-state index >= 15 is 0 Å². The largest absolute Gasteiger partial charge is 0.416 e. The number of hydrogen-bond acceptors (Lipinski definition) is 3. The normalized spacial score (nSPS) is 17.2. The van der Waals surface area contributed by atoms with Crippen LogP contribution in [0.3, 0.4) is 0 Å². The van der Waals surface area contributed by atoms with Gasteiger partial charge < -0.3 is 0 Å². The summed E-state index contributed by atoms with van der Waals surface area (Å²) in [7, 11) is -4.54. The molecule has 1 fully saturated rings. The van der Waals surface area contributed by atoms with Crippen molar-refractivity contribution in [2.75, 3.05) is 26.2 Å². The molecule has 1 aliphatic heterocycles. The van der Waals surface area contributed by atoms with Crippen molar-refractivity contribution in [3.05, 3.63) is 64.7 Å². The second kappa shape index (κ2) is 9.16. The number of alkyl halides is 6. The van der Waals surface area contributed by atoms with E-state index in [9.17, 15) is 34.8 Å². The smallest absolute Gasteiger partial charge is 0.296 e. The minimum atomic E-state index is -5.12. The Hall–Kier alpha value is -2.11. The highest BCUT2D eigenvalue weighted by atomic mass is 32.2. The molecule has 0 aliphatic carbocycles. The first-order chi connectivity index (χ1) is 15.5. The molecule has 188 valence electrons. The van der Waals surface area contributed by atoms with Crippen LogP contribution in [0, 0.1) is 0 Å². The maximum Gasteiger partial charge on any atom is 0.416 e. The highest BCUT2D eigenvalue weighted by Gasteiger charge is 2.39. The Bertz CT molecular complexity index is 1080. The van der Waals surface area contributed by atoms with Gasteiger partial charge in [-0.15, -0.1) is 0 Å². The Morgan fingerprint density at radius 2 is 1.21 bits per heavy atom. The van der Waals surface area contributed by atoms with Crippen LogP contribution in [-0.4, -0.2) is 43.8 Å². The molecule has 0 spiro atoms. The molecule has 0 atom stereocenters. The summed E-state index contributed by atoms with van der Waals surface area (Å²) in [6.45, 7) is 7.37. The summed E-state index contributed by atoms with van der Waals surface area (Å²) in [5, 5.41) is 0. The Labute approximate surface area is 195 Å². The van der Waals surface area contributed by atoms with Crippen LogP contribution >= 0.6 is 0 Å². The number of hydrogen-bond donors (Lipinski definition) is 0. The minimum absolute atomic E-state index is 0.00785. The van der Waals surface area contributed by atoms with Gasteiger partial charge in [-0.1, -0.05) is 45.0 Å². The maximum absolute atomic E-state index is 13.1. The van der Waals surface area contributed by atoms with Gasteiger partial charge in [-0.05, 0) is 34.7 Å². The van der Waals surface area contributed by atoms with E-state index in [-0.39, 0.29) is 36.7 Å². The van der Waals surface area contributed by atoms with Crippen LogP contribution in [0.2, 0.25) is 0 Å². The number of halogens is 6. The van der Waals surface area contributed by atoms with Gasteiger partial charge in [0.25, 0.3) is 0 Å². The molecule has 0 bridgehead atoms. The van der Waals surface area contributed by atoms with Crippen molar-refractivity contribution in [3.8, 4) is 0 Å². The van der Waals surface area contributed by atoms with Crippen LogP contribution in [0.5, 0.6) is 0 Å². The predicted octanol–water partition coefficient (Wildman–Crippen LogP) is 5.53. The molecular weight excluding hydrogens is 482 g/mol. The van der Waals surface area contributed by atoms with Gasteiger partial charge in [0.05, 0.1) is 16.0 Å². The number of nitrogens with zero attached hydrogens (tertiary/aromatic N) is 2. The highest BCUT2D eigenvalue weighted by molar-refractivity contribution is 7.89. The Morgan fingerprint density at radius 3 is 1.62 bits per heavy atom. The zero-order chi connectivity index (χ0) is 25.5. The summed E-state index contributed by atoms with van der Waals surface area (Å²) in [6, 6.07) is 8.48. The van der Waals surface area contributed by atoms with E-state index in [1.54, 1.807) is 0 Å². The van der Waals surface area contributed by atoms with Crippen LogP contribution in [0.25, 0.3) is 0 Å². The molecule has 2 aromatic rings. The van der Waals surface area contributed by atoms with Crippen molar-refractivity contribution in [3.63, 3.8) is 0 Å². The van der Waals surface area contributed by atoms with Crippen molar-refractivity contribution in [2.24, 2.45) is 0 Å². The molecule has 0 unspecified atom stereocenters. The van der Waals surface area contributed by atoms with Gasteiger partial charge in [0.1, 0.15) is 0 Å². The molecule has 0 saturated carbocycles. The fourth-order valence-corrected chi connectivity index (χ4v) is 5.21. The SMILES string of the molecule is CC(C)(C)c1ccc(CN2CCN(S(=O)(=O)c3cc(C(F)(F)F)cc(C(F)(F)F)c3)CC2)cc1. The maximum atomic E-state index is 13.1. The summed E-state index contributed by atoms with van der Waals surface area (Å²) in [6.07, 6.45) is -10.2. The van der Waals surface area contributed by atoms with Gasteiger partial charge in [0.15, 0.2) is 0 Å². The highest BCUT2D eigenvalue weighted by Crippen LogP contribution is 2.38. The van der Waals surface area contributed by atoms with Gasteiger partial charge in [0.2, 0.25) is 10.0 Å². The van der Waals surface area contributed by atoms with E-state index in [1.165, 1.54) is 5.56 Å². The Morgan fingerprint density at radius 1 is 0.735 bits per heavy atom. The zero-order valence-corrected chi connectivity index (χ0v) is 19.8. The van der Waals surface area contributed by atoms with Crippen LogP contribution < -0.4 is 0 Å². The van der Waals surface area contributed by atoms with Crippen molar-refractivity contribution in [1.29, 1.82) is 0 Å². The van der Waals surface area contributed by atoms with Crippen LogP contribution in [0.4, 0.5) is 26.3 Å². The number of piperazine rings is 1. The lowest BCUT2D eigenvalue weighted by Gasteiger charge is -2.34. The summed E-state index contributed by atoms with van der Waals surface area (Å²) in [5.41, 5.74) is -1.10. The van der Waals surface area contributed by atoms with E-state index in [2.05, 4.69) is 20.8 Å². The molecule has 0 radical (unpaired) electrons. The molecule has 11 heteroatoms. The van der Waals surface area contributed by atoms with Crippen molar-refractivity contribution >= 4 is 10.0 Å². The van der Waals surface area contributed by atoms with Gasteiger partial charge in [-0.3, -0.25) is 4.90 Å². The van der Waals surface area contributed by atoms with Crippen molar-refractivity contribution in [2.45, 2.75) is 50.0 Å². The molecule has 2 aromatic carbocycles. The average Bonchev–Trinajstić information content (AvgIpc) is 2.72. The molecule has 1 aliphatic rings. The molecule has 1 heterocycles. The molecule has 4 nitrogen and oxygen atoms in total. The molecule has 0 aromatic heterocycles. The third kappa shape index (κ3) is 6.11. The van der Waals surface area contributed by atoms with Crippen LogP contribution in [-0.2, 0) is 34.3 Å². The van der Waals surface area contributed by atoms with Crippen LogP contribution in [0.15, 0.2) is 47.4 Å². The van der Waals surface area contributed by atoms with E-state index in [4.69, 9.17) is 0 Å². The van der Waals surface area contributed by atoms with E-state index in [0.29, 0.717) is 19.6 Å². The zero-order valence-electron chi connectivity index (χ0n) is 19.0. The number of rotatable bonds is 4. The van der Waals surface area contributed by atoms with Gasteiger partial charge in [-0.25, -0.2) is 8.42 Å². The Kier molecular flexibility index (Phi) is 7.14. The first-order valence-electron chi connectivity index (χ1n) is 10.6. The molecule has 0 amide bonds. The summed E-state index contributed by atoms with van der Waals surface area (Å²) in [4.78, 5) is 0.978. The predicted molar refractivity (Wildman–Crippen MR) is 116 cm³/mol. The van der Waals surface area contributed by atoms with E-state index in [1.807, 2.05) is 29.2 Å². The molecular formula is C23H26F6N2O2S. The average molecular weight is 509 g/mol. The fourth-order valence-electron chi connectivity index (χ4n) is 3.72. The molecule has 0 N–H and O–H groups in total. The van der Waals surface area contributed by atoms with E-state index < -0.39 is 38.4 Å². The quantitative estimate of drug-likeness (QED) is 0.510. The molecule has 1 saturated heterocycles.